The second kappa shape index (κ2) is 11.3. The second-order valence-electron chi connectivity index (χ2n) is 6.91. The molecule has 11 heteroatoms. The first-order valence-electron chi connectivity index (χ1n) is 9.83. The Kier molecular flexibility index (Phi) is 9.12. The van der Waals surface area contributed by atoms with Crippen molar-refractivity contribution in [3.8, 4) is 11.5 Å². The Morgan fingerprint density at radius 2 is 1.97 bits per heavy atom. The lowest BCUT2D eigenvalue weighted by atomic mass is 9.99. The molecule has 9 nitrogen and oxygen atoms in total. The molecule has 0 radical (unpaired) electrons. The van der Waals surface area contributed by atoms with Gasteiger partial charge in [-0.05, 0) is 56.1 Å². The van der Waals surface area contributed by atoms with Crippen molar-refractivity contribution in [3.05, 3.63) is 23.8 Å². The molecule has 2 rings (SSSR count). The van der Waals surface area contributed by atoms with E-state index in [1.165, 1.54) is 4.31 Å². The maximum absolute atomic E-state index is 12.4. The minimum Gasteiger partial charge on any atom is -0.493 e. The summed E-state index contributed by atoms with van der Waals surface area (Å²) in [5, 5.41) is 3.31. The van der Waals surface area contributed by atoms with Gasteiger partial charge in [-0.2, -0.15) is 0 Å². The van der Waals surface area contributed by atoms with Crippen molar-refractivity contribution in [2.75, 3.05) is 39.6 Å². The lowest BCUT2D eigenvalue weighted by molar-refractivity contribution is -0.126. The van der Waals surface area contributed by atoms with E-state index in [1.54, 1.807) is 21.1 Å². The van der Waals surface area contributed by atoms with Crippen LogP contribution in [0.1, 0.15) is 25.3 Å². The Hall–Kier alpha value is -2.11. The number of nitrogens with one attached hydrogen (secondary N) is 3. The van der Waals surface area contributed by atoms with Crippen LogP contribution in [0.15, 0.2) is 18.2 Å². The van der Waals surface area contributed by atoms with Gasteiger partial charge in [0.1, 0.15) is 0 Å². The number of piperidine rings is 1. The highest BCUT2D eigenvalue weighted by molar-refractivity contribution is 7.89. The van der Waals surface area contributed by atoms with Crippen LogP contribution < -0.4 is 25.6 Å². The van der Waals surface area contributed by atoms with Crippen LogP contribution in [0.3, 0.4) is 0 Å². The Labute approximate surface area is 183 Å². The van der Waals surface area contributed by atoms with Gasteiger partial charge < -0.3 is 14.8 Å². The van der Waals surface area contributed by atoms with Crippen molar-refractivity contribution >= 4 is 33.3 Å². The third-order valence-electron chi connectivity index (χ3n) is 4.96. The van der Waals surface area contributed by atoms with E-state index in [0.29, 0.717) is 43.9 Å². The minimum absolute atomic E-state index is 0.0354. The summed E-state index contributed by atoms with van der Waals surface area (Å²) >= 11 is 5.19. The lowest BCUT2D eigenvalue weighted by Crippen LogP contribution is -2.52. The summed E-state index contributed by atoms with van der Waals surface area (Å²) in [7, 11) is -0.112. The van der Waals surface area contributed by atoms with Crippen LogP contribution in [0.25, 0.3) is 0 Å². The Morgan fingerprint density at radius 3 is 2.63 bits per heavy atom. The van der Waals surface area contributed by atoms with E-state index in [1.807, 2.05) is 18.2 Å². The molecule has 1 saturated heterocycles. The van der Waals surface area contributed by atoms with E-state index in [9.17, 15) is 13.2 Å². The zero-order valence-corrected chi connectivity index (χ0v) is 19.2. The quantitative estimate of drug-likeness (QED) is 0.388. The fourth-order valence-electron chi connectivity index (χ4n) is 3.21. The highest BCUT2D eigenvalue weighted by Crippen LogP contribution is 2.27. The number of thiocarbonyl (C=S) groups is 1. The van der Waals surface area contributed by atoms with Gasteiger partial charge in [-0.1, -0.05) is 6.07 Å². The summed E-state index contributed by atoms with van der Waals surface area (Å²) in [6, 6.07) is 5.69. The van der Waals surface area contributed by atoms with Gasteiger partial charge in [-0.15, -0.1) is 0 Å². The molecule has 1 atom stereocenters. The molecule has 0 saturated carbocycles. The topological polar surface area (TPSA) is 109 Å². The lowest BCUT2D eigenvalue weighted by Gasteiger charge is -2.30. The molecule has 0 spiro atoms. The Balaban J connectivity index is 1.75. The molecule has 1 aromatic carbocycles. The maximum atomic E-state index is 12.4. The molecule has 30 heavy (non-hydrogen) atoms. The smallest absolute Gasteiger partial charge is 0.242 e. The average Bonchev–Trinajstić information content (AvgIpc) is 2.77. The number of hydrazine groups is 1. The largest absolute Gasteiger partial charge is 0.493 e. The van der Waals surface area contributed by atoms with Gasteiger partial charge in [0.2, 0.25) is 15.9 Å². The minimum atomic E-state index is -3.29. The molecular formula is C19H30N4O5S2. The fourth-order valence-corrected chi connectivity index (χ4v) is 4.55. The SMILES string of the molecule is CCS(=O)(=O)N1CCCC(C(=O)NNC(=S)NCCc2ccc(OC)c(OC)c2)C1. The molecule has 0 aromatic heterocycles. The molecule has 1 aliphatic rings. The standard InChI is InChI=1S/C19H30N4O5S2/c1-4-30(25,26)23-11-5-6-15(13-23)18(24)21-22-19(29)20-10-9-14-7-8-16(27-2)17(12-14)28-3/h7-8,12,15H,4-6,9-11,13H2,1-3H3,(H,21,24)(H2,20,22,29). The number of hydrogen-bond donors (Lipinski definition) is 3. The van der Waals surface area contributed by atoms with Gasteiger partial charge in [-0.25, -0.2) is 12.7 Å². The fraction of sp³-hybridized carbons (Fsp3) is 0.579. The monoisotopic (exact) mass is 458 g/mol. The number of benzene rings is 1. The number of carbonyl (C=O) groups is 1. The molecule has 0 bridgehead atoms. The number of amides is 1. The molecule has 1 heterocycles. The molecule has 1 unspecified atom stereocenters. The summed E-state index contributed by atoms with van der Waals surface area (Å²) in [6.07, 6.45) is 2.00. The van der Waals surface area contributed by atoms with Crippen LogP contribution >= 0.6 is 12.2 Å². The highest BCUT2D eigenvalue weighted by atomic mass is 32.2. The van der Waals surface area contributed by atoms with Gasteiger partial charge in [0.25, 0.3) is 0 Å². The number of nitrogens with zero attached hydrogens (tertiary/aromatic N) is 1. The summed E-state index contributed by atoms with van der Waals surface area (Å²) in [5.74, 6) is 0.696. The molecule has 1 amide bonds. The predicted molar refractivity (Wildman–Crippen MR) is 119 cm³/mol. The summed E-state index contributed by atoms with van der Waals surface area (Å²) < 4.78 is 36.0. The van der Waals surface area contributed by atoms with Gasteiger partial charge in [-0.3, -0.25) is 15.6 Å². The van der Waals surface area contributed by atoms with E-state index in [0.717, 1.165) is 5.56 Å². The molecule has 0 aliphatic carbocycles. The van der Waals surface area contributed by atoms with E-state index >= 15 is 0 Å². The van der Waals surface area contributed by atoms with Crippen LogP contribution in [0.2, 0.25) is 0 Å². The van der Waals surface area contributed by atoms with Crippen LogP contribution in [-0.4, -0.2) is 63.3 Å². The van der Waals surface area contributed by atoms with Gasteiger partial charge in [0.15, 0.2) is 16.6 Å². The second-order valence-corrected chi connectivity index (χ2v) is 9.57. The molecule has 1 aliphatic heterocycles. The van der Waals surface area contributed by atoms with Gasteiger partial charge in [0, 0.05) is 19.6 Å². The summed E-state index contributed by atoms with van der Waals surface area (Å²) in [5.41, 5.74) is 6.30. The predicted octanol–water partition coefficient (Wildman–Crippen LogP) is 0.803. The van der Waals surface area contributed by atoms with Crippen LogP contribution in [0.4, 0.5) is 0 Å². The third-order valence-corrected chi connectivity index (χ3v) is 7.05. The number of methoxy groups -OCH3 is 2. The van der Waals surface area contributed by atoms with Crippen molar-refractivity contribution in [3.63, 3.8) is 0 Å². The van der Waals surface area contributed by atoms with Crippen molar-refractivity contribution in [1.29, 1.82) is 0 Å². The maximum Gasteiger partial charge on any atom is 0.242 e. The van der Waals surface area contributed by atoms with Crippen molar-refractivity contribution in [2.45, 2.75) is 26.2 Å². The number of ether oxygens (including phenoxy) is 2. The van der Waals surface area contributed by atoms with E-state index in [-0.39, 0.29) is 23.3 Å². The van der Waals surface area contributed by atoms with E-state index < -0.39 is 15.9 Å². The van der Waals surface area contributed by atoms with E-state index in [2.05, 4.69) is 16.2 Å². The zero-order valence-electron chi connectivity index (χ0n) is 17.6. The molecule has 1 fully saturated rings. The first-order valence-corrected chi connectivity index (χ1v) is 11.8. The van der Waals surface area contributed by atoms with Crippen LogP contribution in [0.5, 0.6) is 11.5 Å². The van der Waals surface area contributed by atoms with Crippen molar-refractivity contribution in [1.82, 2.24) is 20.5 Å². The first-order chi connectivity index (χ1) is 14.3. The molecule has 168 valence electrons. The van der Waals surface area contributed by atoms with Crippen LogP contribution in [-0.2, 0) is 21.2 Å². The molecule has 3 N–H and O–H groups in total. The number of carbonyl (C=O) groups excluding carboxylic acids is 1. The Bertz CT molecular complexity index is 847. The van der Waals surface area contributed by atoms with Crippen LogP contribution in [0, 0.1) is 5.92 Å². The number of sulfonamides is 1. The van der Waals surface area contributed by atoms with Crippen molar-refractivity contribution in [2.24, 2.45) is 5.92 Å². The number of rotatable bonds is 8. The highest BCUT2D eigenvalue weighted by Gasteiger charge is 2.31. The number of hydrogen-bond acceptors (Lipinski definition) is 6. The van der Waals surface area contributed by atoms with Gasteiger partial charge in [0.05, 0.1) is 25.9 Å². The Morgan fingerprint density at radius 1 is 1.23 bits per heavy atom. The summed E-state index contributed by atoms with van der Waals surface area (Å²) in [6.45, 7) is 2.82. The molecule has 1 aromatic rings. The third kappa shape index (κ3) is 6.71. The average molecular weight is 459 g/mol. The first kappa shape index (κ1) is 24.2. The molecular weight excluding hydrogens is 428 g/mol. The van der Waals surface area contributed by atoms with Gasteiger partial charge >= 0.3 is 0 Å². The zero-order chi connectivity index (χ0) is 22.1. The normalized spacial score (nSPS) is 17.1. The van der Waals surface area contributed by atoms with E-state index in [4.69, 9.17) is 21.7 Å². The van der Waals surface area contributed by atoms with Crippen molar-refractivity contribution < 1.29 is 22.7 Å². The summed E-state index contributed by atoms with van der Waals surface area (Å²) in [4.78, 5) is 12.4.